The molecule has 3 saturated carbocycles. The largest absolute Gasteiger partial charge is 0.458 e. The fourth-order valence-electron chi connectivity index (χ4n) is 10.8. The van der Waals surface area contributed by atoms with Gasteiger partial charge in [-0.3, -0.25) is 13.7 Å². The Hall–Kier alpha value is -7.24. The normalized spacial score (nSPS) is 19.8. The monoisotopic (exact) mass is 840 g/mol. The molecule has 10 aromatic rings. The molecule has 0 atom stereocenters. The van der Waals surface area contributed by atoms with E-state index in [1.807, 2.05) is 65.4 Å². The van der Waals surface area contributed by atoms with Crippen molar-refractivity contribution in [3.8, 4) is 50.9 Å². The van der Waals surface area contributed by atoms with Crippen LogP contribution in [-0.2, 0) is 5.41 Å². The lowest BCUT2D eigenvalue weighted by atomic mass is 9.64. The number of rotatable bonds is 8. The zero-order valence-electron chi connectivity index (χ0n) is 45.3. The quantitative estimate of drug-likeness (QED) is 0.113. The summed E-state index contributed by atoms with van der Waals surface area (Å²) in [6, 6.07) is 33.9. The Morgan fingerprint density at radius 2 is 1.25 bits per heavy atom. The number of pyridine rings is 1. The maximum Gasteiger partial charge on any atom is 0.269 e. The van der Waals surface area contributed by atoms with Gasteiger partial charge in [0.2, 0.25) is 0 Å². The van der Waals surface area contributed by atoms with Crippen molar-refractivity contribution < 1.29 is 23.0 Å². The Balaban J connectivity index is 0.982. The van der Waals surface area contributed by atoms with Crippen molar-refractivity contribution in [1.82, 2.24) is 14.1 Å². The van der Waals surface area contributed by atoms with E-state index in [4.69, 9.17) is 23.4 Å². The summed E-state index contributed by atoms with van der Waals surface area (Å²) in [5.41, 5.74) is 5.76. The third kappa shape index (κ3) is 6.78. The van der Waals surface area contributed by atoms with Crippen LogP contribution in [0.4, 0.5) is 0 Å². The Morgan fingerprint density at radius 3 is 1.98 bits per heavy atom. The predicted octanol–water partition coefficient (Wildman–Crippen LogP) is 14.7. The SMILES string of the molecule is [2H]c1c([2H])c([2H])c(-c2cccc(-c3c([2H])c([2H])c([2H])c([2H])c3[2H])c2-[n+]2[c-]n(-c3cccc(Oc4ccc5c6ccccc6n(-c6cc(C78CCCC(CCC7)CCC8)ccn6)c5c4)c3)c3ccccc32)c([2H])c1[2H]. The Kier molecular flexibility index (Phi) is 7.36. The lowest BCUT2D eigenvalue weighted by Gasteiger charge is -2.40. The summed E-state index contributed by atoms with van der Waals surface area (Å²) in [4.78, 5) is 5.04. The average molecular weight is 841 g/mol. The Bertz CT molecular complexity index is 3750. The Labute approximate surface area is 388 Å². The molecular formula is C59H50N4O. The van der Waals surface area contributed by atoms with Gasteiger partial charge in [-0.2, -0.15) is 0 Å². The molecule has 3 heterocycles. The number of ether oxygens (including phenoxy) is 1. The van der Waals surface area contributed by atoms with Crippen molar-refractivity contribution in [1.29, 1.82) is 0 Å². The van der Waals surface area contributed by atoms with Gasteiger partial charge < -0.3 is 4.74 Å². The molecule has 0 spiro atoms. The highest BCUT2D eigenvalue weighted by molar-refractivity contribution is 6.09. The minimum atomic E-state index is -0.559. The average Bonchev–Trinajstić information content (AvgIpc) is 3.95. The summed E-state index contributed by atoms with van der Waals surface area (Å²) in [7, 11) is 0. The van der Waals surface area contributed by atoms with Crippen LogP contribution >= 0.6 is 0 Å². The summed E-state index contributed by atoms with van der Waals surface area (Å²) >= 11 is 0. The van der Waals surface area contributed by atoms with Gasteiger partial charge in [-0.25, -0.2) is 4.98 Å². The van der Waals surface area contributed by atoms with Crippen LogP contribution in [0.15, 0.2) is 188 Å². The van der Waals surface area contributed by atoms with Gasteiger partial charge in [0.1, 0.15) is 17.3 Å². The molecule has 3 fully saturated rings. The van der Waals surface area contributed by atoms with E-state index in [2.05, 4.69) is 59.4 Å². The second kappa shape index (κ2) is 16.1. The number of imidazole rings is 1. The third-order valence-electron chi connectivity index (χ3n) is 13.7. The summed E-state index contributed by atoms with van der Waals surface area (Å²) < 4.78 is 99.7. The molecule has 0 saturated heterocycles. The predicted molar refractivity (Wildman–Crippen MR) is 260 cm³/mol. The number of nitrogens with zero attached hydrogens (tertiary/aromatic N) is 4. The van der Waals surface area contributed by atoms with Crippen LogP contribution in [0.25, 0.3) is 72.3 Å². The molecule has 13 rings (SSSR count). The summed E-state index contributed by atoms with van der Waals surface area (Å²) in [6.45, 7) is 0. The molecule has 0 N–H and O–H groups in total. The van der Waals surface area contributed by atoms with Crippen LogP contribution < -0.4 is 9.30 Å². The summed E-state index contributed by atoms with van der Waals surface area (Å²) in [5.74, 6) is 2.92. The molecule has 0 unspecified atom stereocenters. The lowest BCUT2D eigenvalue weighted by Crippen LogP contribution is -2.31. The first-order valence-electron chi connectivity index (χ1n) is 27.3. The lowest BCUT2D eigenvalue weighted by molar-refractivity contribution is -0.571. The number of aromatic nitrogens is 4. The van der Waals surface area contributed by atoms with Crippen molar-refractivity contribution >= 4 is 32.8 Å². The summed E-state index contributed by atoms with van der Waals surface area (Å²) in [5, 5.41) is 2.20. The number of hydrogen-bond acceptors (Lipinski definition) is 2. The maximum absolute atomic E-state index is 9.04. The molecule has 0 amide bonds. The van der Waals surface area contributed by atoms with Crippen molar-refractivity contribution in [2.45, 2.75) is 63.2 Å². The van der Waals surface area contributed by atoms with Gasteiger partial charge in [0.15, 0.2) is 0 Å². The van der Waals surface area contributed by atoms with E-state index in [0.717, 1.165) is 33.5 Å². The Morgan fingerprint density at radius 1 is 0.609 bits per heavy atom. The molecule has 5 nitrogen and oxygen atoms in total. The zero-order chi connectivity index (χ0) is 51.2. The third-order valence-corrected chi connectivity index (χ3v) is 13.7. The van der Waals surface area contributed by atoms with Crippen LogP contribution in [0.5, 0.6) is 11.5 Å². The molecular weight excluding hydrogens is 781 g/mol. The highest BCUT2D eigenvalue weighted by Gasteiger charge is 2.36. The number of benzene rings is 7. The van der Waals surface area contributed by atoms with E-state index in [9.17, 15) is 0 Å². The second-order valence-corrected chi connectivity index (χ2v) is 17.3. The van der Waals surface area contributed by atoms with E-state index in [-0.39, 0.29) is 33.4 Å². The number of hydrogen-bond donors (Lipinski definition) is 0. The zero-order valence-corrected chi connectivity index (χ0v) is 35.3. The van der Waals surface area contributed by atoms with Gasteiger partial charge >= 0.3 is 0 Å². The van der Waals surface area contributed by atoms with Gasteiger partial charge in [-0.15, -0.1) is 0 Å². The molecule has 0 radical (unpaired) electrons. The first-order chi connectivity index (χ1) is 35.8. The van der Waals surface area contributed by atoms with Crippen molar-refractivity contribution in [2.75, 3.05) is 0 Å². The standard InChI is InChI=1S/C59H50N4O/c1-3-19-43(20-4-1)49-26-12-27-50(44-21-5-2-6-22-44)58(49)62-41-61(54-29-9-10-30-55(54)62)46-23-11-24-47(39-46)64-48-31-32-52-51-25-7-8-28-53(51)63(56(52)40-48)57-38-45(33-37-60-57)59-34-13-16-42(17-14-35-59)18-15-36-59/h1-12,19-33,37-40,42H,13-18,34-36H2/i1D,2D,3D,4D,5D,6D,19D,20D,21D,22D. The fraction of sp³-hybridized carbons (Fsp3) is 0.186. The molecule has 3 aliphatic carbocycles. The minimum absolute atomic E-state index is 0.121. The highest BCUT2D eigenvalue weighted by Crippen LogP contribution is 2.47. The van der Waals surface area contributed by atoms with Gasteiger partial charge in [-0.1, -0.05) is 166 Å². The van der Waals surface area contributed by atoms with E-state index >= 15 is 0 Å². The van der Waals surface area contributed by atoms with E-state index < -0.39 is 60.4 Å². The van der Waals surface area contributed by atoms with Gasteiger partial charge in [0, 0.05) is 23.0 Å². The smallest absolute Gasteiger partial charge is 0.269 e. The van der Waals surface area contributed by atoms with E-state index in [0.29, 0.717) is 28.2 Å². The highest BCUT2D eigenvalue weighted by atomic mass is 16.5. The molecule has 2 bridgehead atoms. The molecule has 64 heavy (non-hydrogen) atoms. The molecule has 7 aromatic carbocycles. The molecule has 3 aliphatic rings. The van der Waals surface area contributed by atoms with Crippen LogP contribution in [0.1, 0.15) is 77.1 Å². The van der Waals surface area contributed by atoms with E-state index in [1.165, 1.54) is 63.4 Å². The summed E-state index contributed by atoms with van der Waals surface area (Å²) in [6.07, 6.45) is 16.9. The van der Waals surface area contributed by atoms with E-state index in [1.54, 1.807) is 22.8 Å². The van der Waals surface area contributed by atoms with Crippen molar-refractivity contribution in [2.24, 2.45) is 5.92 Å². The molecule has 0 aliphatic heterocycles. The van der Waals surface area contributed by atoms with Crippen molar-refractivity contribution in [3.05, 3.63) is 200 Å². The van der Waals surface area contributed by atoms with Crippen LogP contribution in [0, 0.1) is 12.2 Å². The van der Waals surface area contributed by atoms with Gasteiger partial charge in [0.05, 0.1) is 47.1 Å². The maximum atomic E-state index is 9.04. The van der Waals surface area contributed by atoms with Crippen LogP contribution in [0.2, 0.25) is 0 Å². The van der Waals surface area contributed by atoms with Crippen LogP contribution in [0.3, 0.4) is 0 Å². The number of fused-ring (bicyclic) bond motifs is 10. The number of para-hydroxylation sites is 4. The fourth-order valence-corrected chi connectivity index (χ4v) is 10.8. The molecule has 3 aromatic heterocycles. The molecule has 5 heteroatoms. The first kappa shape index (κ1) is 29.2. The van der Waals surface area contributed by atoms with Crippen molar-refractivity contribution in [3.63, 3.8) is 0 Å². The van der Waals surface area contributed by atoms with Gasteiger partial charge in [0.25, 0.3) is 6.33 Å². The molecule has 312 valence electrons. The minimum Gasteiger partial charge on any atom is -0.458 e. The topological polar surface area (TPSA) is 35.9 Å². The van der Waals surface area contributed by atoms with Crippen LogP contribution in [-0.4, -0.2) is 14.1 Å². The second-order valence-electron chi connectivity index (χ2n) is 17.3. The van der Waals surface area contributed by atoms with Gasteiger partial charge in [-0.05, 0) is 107 Å². The first-order valence-corrected chi connectivity index (χ1v) is 22.3.